The number of rotatable bonds is 9. The molecule has 0 heterocycles. The first-order valence-corrected chi connectivity index (χ1v) is 5.42. The predicted octanol–water partition coefficient (Wildman–Crippen LogP) is -0.912. The van der Waals surface area contributed by atoms with Crippen molar-refractivity contribution in [1.82, 2.24) is 0 Å². The molecular formula is C6H11O9P. The molecule has 10 heteroatoms. The van der Waals surface area contributed by atoms with E-state index in [9.17, 15) is 14.2 Å². The van der Waals surface area contributed by atoms with Crippen molar-refractivity contribution in [3.8, 4) is 0 Å². The number of aliphatic carboxylic acids is 1. The van der Waals surface area contributed by atoms with E-state index in [1.165, 1.54) is 0 Å². The van der Waals surface area contributed by atoms with E-state index in [0.29, 0.717) is 0 Å². The monoisotopic (exact) mass is 258 g/mol. The number of hydrogen-bond donors (Lipinski definition) is 3. The maximum absolute atomic E-state index is 11.3. The van der Waals surface area contributed by atoms with Gasteiger partial charge in [0, 0.05) is 6.42 Å². The van der Waals surface area contributed by atoms with E-state index in [4.69, 9.17) is 15.3 Å². The Labute approximate surface area is 90.2 Å². The summed E-state index contributed by atoms with van der Waals surface area (Å²) in [7, 11) is -4.15. The van der Waals surface area contributed by atoms with Crippen molar-refractivity contribution in [2.45, 2.75) is 6.42 Å². The lowest BCUT2D eigenvalue weighted by Gasteiger charge is -2.14. The second kappa shape index (κ2) is 7.44. The van der Waals surface area contributed by atoms with Gasteiger partial charge in [-0.1, -0.05) is 0 Å². The summed E-state index contributed by atoms with van der Waals surface area (Å²) in [6, 6.07) is 0. The number of carbonyl (C=O) groups excluding carboxylic acids is 1. The summed E-state index contributed by atoms with van der Waals surface area (Å²) < 4.78 is 24.1. The Hall–Kier alpha value is -0.830. The maximum atomic E-state index is 11.3. The third kappa shape index (κ3) is 5.91. The summed E-state index contributed by atoms with van der Waals surface area (Å²) in [5, 5.41) is 24.9. The van der Waals surface area contributed by atoms with Gasteiger partial charge in [-0.25, -0.2) is 9.36 Å². The highest BCUT2D eigenvalue weighted by Crippen LogP contribution is 2.48. The van der Waals surface area contributed by atoms with E-state index in [0.717, 1.165) is 0 Å². The van der Waals surface area contributed by atoms with E-state index in [1.54, 1.807) is 0 Å². The zero-order chi connectivity index (χ0) is 12.6. The molecule has 0 aromatic heterocycles. The van der Waals surface area contributed by atoms with Gasteiger partial charge in [-0.3, -0.25) is 18.4 Å². The van der Waals surface area contributed by atoms with Gasteiger partial charge in [0.25, 0.3) is 0 Å². The molecule has 0 saturated heterocycles. The molecule has 0 atom stereocenters. The van der Waals surface area contributed by atoms with Gasteiger partial charge in [0.05, 0.1) is 6.61 Å². The molecule has 0 radical (unpaired) electrons. The molecule has 0 aliphatic carbocycles. The number of hydrogen-bond acceptors (Lipinski definition) is 8. The minimum Gasteiger partial charge on any atom is -0.475 e. The van der Waals surface area contributed by atoms with Gasteiger partial charge in [0.15, 0.2) is 13.6 Å². The fraction of sp³-hybridized carbons (Fsp3) is 0.667. The van der Waals surface area contributed by atoms with Crippen molar-refractivity contribution in [2.75, 3.05) is 20.2 Å². The zero-order valence-electron chi connectivity index (χ0n) is 8.07. The van der Waals surface area contributed by atoms with E-state index in [-0.39, 0.29) is 0 Å². The third-order valence-corrected chi connectivity index (χ3v) is 2.61. The first kappa shape index (κ1) is 15.2. The zero-order valence-corrected chi connectivity index (χ0v) is 8.96. The van der Waals surface area contributed by atoms with Gasteiger partial charge in [-0.05, 0) is 0 Å². The van der Waals surface area contributed by atoms with Crippen molar-refractivity contribution in [1.29, 1.82) is 0 Å². The molecule has 9 nitrogen and oxygen atoms in total. The number of carboxylic acids is 1. The highest BCUT2D eigenvalue weighted by atomic mass is 31.2. The first-order valence-electron chi connectivity index (χ1n) is 3.96. The summed E-state index contributed by atoms with van der Waals surface area (Å²) in [4.78, 5) is 20.7. The second-order valence-corrected chi connectivity index (χ2v) is 3.94. The lowest BCUT2D eigenvalue weighted by atomic mass is 10.3. The number of ketones is 1. The number of aliphatic hydroxyl groups excluding tert-OH is 2. The Kier molecular flexibility index (Phi) is 7.06. The van der Waals surface area contributed by atoms with Crippen LogP contribution in [0.4, 0.5) is 0 Å². The summed E-state index contributed by atoms with van der Waals surface area (Å²) >= 11 is 0. The van der Waals surface area contributed by atoms with Gasteiger partial charge >= 0.3 is 13.8 Å². The summed E-state index contributed by atoms with van der Waals surface area (Å²) in [6.45, 7) is -2.50. The Bertz CT molecular complexity index is 278. The van der Waals surface area contributed by atoms with E-state index >= 15 is 0 Å². The quantitative estimate of drug-likeness (QED) is 0.272. The van der Waals surface area contributed by atoms with Crippen molar-refractivity contribution in [3.05, 3.63) is 0 Å². The molecule has 0 amide bonds. The molecule has 0 fully saturated rings. The van der Waals surface area contributed by atoms with Crippen LogP contribution >= 0.6 is 7.82 Å². The lowest BCUT2D eigenvalue weighted by molar-refractivity contribution is -0.149. The van der Waals surface area contributed by atoms with Crippen LogP contribution in [0.1, 0.15) is 6.42 Å². The first-order chi connectivity index (χ1) is 7.45. The average Bonchev–Trinajstić information content (AvgIpc) is 2.17. The molecule has 0 spiro atoms. The molecular weight excluding hydrogens is 247 g/mol. The molecule has 0 aromatic carbocycles. The van der Waals surface area contributed by atoms with Crippen LogP contribution in [0.5, 0.6) is 0 Å². The van der Waals surface area contributed by atoms with E-state index < -0.39 is 46.2 Å². The fourth-order valence-corrected chi connectivity index (χ4v) is 1.43. The molecule has 0 bridgehead atoms. The topological polar surface area (TPSA) is 140 Å². The van der Waals surface area contributed by atoms with Crippen LogP contribution in [-0.4, -0.2) is 47.3 Å². The highest BCUT2D eigenvalue weighted by molar-refractivity contribution is 7.48. The van der Waals surface area contributed by atoms with Gasteiger partial charge < -0.3 is 15.3 Å². The Balaban J connectivity index is 4.08. The van der Waals surface area contributed by atoms with Crippen LogP contribution in [0.25, 0.3) is 0 Å². The van der Waals surface area contributed by atoms with Crippen LogP contribution < -0.4 is 0 Å². The van der Waals surface area contributed by atoms with Crippen molar-refractivity contribution in [3.63, 3.8) is 0 Å². The normalized spacial score (nSPS) is 11.4. The number of carbonyl (C=O) groups is 2. The van der Waals surface area contributed by atoms with Crippen LogP contribution in [0.15, 0.2) is 0 Å². The summed E-state index contributed by atoms with van der Waals surface area (Å²) in [5.74, 6) is -2.79. The highest BCUT2D eigenvalue weighted by Gasteiger charge is 2.27. The van der Waals surface area contributed by atoms with Gasteiger partial charge in [0.1, 0.15) is 0 Å². The smallest absolute Gasteiger partial charge is 0.475 e. The molecule has 94 valence electrons. The summed E-state index contributed by atoms with van der Waals surface area (Å²) in [5.41, 5.74) is 0. The number of Topliss-reactive ketones (excluding diaryl/α,β-unsaturated/α-hetero) is 1. The van der Waals surface area contributed by atoms with E-state index in [2.05, 4.69) is 13.6 Å². The number of aliphatic hydroxyl groups is 2. The number of carboxylic acid groups (broad SMARTS) is 1. The SMILES string of the molecule is O=C(O)C(=O)CCOP(=O)(OCO)OCO. The fourth-order valence-electron chi connectivity index (χ4n) is 0.610. The molecule has 0 saturated carbocycles. The minimum absolute atomic E-state index is 0.539. The second-order valence-electron chi connectivity index (χ2n) is 2.28. The van der Waals surface area contributed by atoms with Gasteiger partial charge in [0.2, 0.25) is 5.78 Å². The Morgan fingerprint density at radius 3 is 1.94 bits per heavy atom. The third-order valence-electron chi connectivity index (χ3n) is 1.25. The maximum Gasteiger partial charge on any atom is 0.479 e. The molecule has 16 heavy (non-hydrogen) atoms. The molecule has 0 unspecified atom stereocenters. The van der Waals surface area contributed by atoms with Crippen molar-refractivity contribution in [2.24, 2.45) is 0 Å². The lowest BCUT2D eigenvalue weighted by Crippen LogP contribution is -2.15. The minimum atomic E-state index is -4.15. The standard InChI is InChI=1S/C6H11O9P/c7-3-14-16(12,15-4-8)13-2-1-5(9)6(10)11/h7-8H,1-4H2,(H,10,11). The van der Waals surface area contributed by atoms with Crippen molar-refractivity contribution < 1.29 is 43.0 Å². The molecule has 0 aromatic rings. The molecule has 0 aliphatic rings. The largest absolute Gasteiger partial charge is 0.479 e. The Morgan fingerprint density at radius 2 is 1.56 bits per heavy atom. The van der Waals surface area contributed by atoms with E-state index in [1.807, 2.05) is 0 Å². The predicted molar refractivity (Wildman–Crippen MR) is 47.2 cm³/mol. The van der Waals surface area contributed by atoms with Crippen LogP contribution in [0.3, 0.4) is 0 Å². The molecule has 3 N–H and O–H groups in total. The summed E-state index contributed by atoms with van der Waals surface area (Å²) in [6.07, 6.45) is -0.539. The van der Waals surface area contributed by atoms with Gasteiger partial charge in [-0.2, -0.15) is 0 Å². The molecule has 0 aliphatic heterocycles. The number of phosphoric ester groups is 1. The Morgan fingerprint density at radius 1 is 1.06 bits per heavy atom. The van der Waals surface area contributed by atoms with Gasteiger partial charge in [-0.15, -0.1) is 0 Å². The van der Waals surface area contributed by atoms with Crippen LogP contribution in [-0.2, 0) is 27.7 Å². The molecule has 0 rings (SSSR count). The van der Waals surface area contributed by atoms with Crippen molar-refractivity contribution >= 4 is 19.6 Å². The van der Waals surface area contributed by atoms with Crippen LogP contribution in [0.2, 0.25) is 0 Å². The average molecular weight is 258 g/mol. The van der Waals surface area contributed by atoms with Crippen LogP contribution in [0, 0.1) is 0 Å². The number of phosphoric acid groups is 1.